The molecular formula is C37H41F8N3O4. The summed E-state index contributed by atoms with van der Waals surface area (Å²) in [6, 6.07) is 0.850. The number of carboxylic acid groups (broad SMARTS) is 1. The lowest BCUT2D eigenvalue weighted by Crippen LogP contribution is -2.40. The van der Waals surface area contributed by atoms with Gasteiger partial charge in [-0.25, -0.2) is 8.78 Å². The summed E-state index contributed by atoms with van der Waals surface area (Å²) in [6.07, 6.45) is -7.43. The fourth-order valence-electron chi connectivity index (χ4n) is 6.82. The Labute approximate surface area is 295 Å². The van der Waals surface area contributed by atoms with Crippen LogP contribution >= 0.6 is 0 Å². The van der Waals surface area contributed by atoms with E-state index in [0.717, 1.165) is 22.9 Å². The van der Waals surface area contributed by atoms with Gasteiger partial charge in [-0.15, -0.1) is 0 Å². The largest absolute Gasteiger partial charge is 0.481 e. The van der Waals surface area contributed by atoms with Crippen LogP contribution in [0.1, 0.15) is 96.8 Å². The standard InChI is InChI=1S/C37H41F8N3O4/c1-21-14-25(38)15-22-10-7-5-4-6-8-12-30(48-20-23(11-9-13-47(2)3)27(18-31(48)49)36(40,41)42)35(52)46-29(19-32(50)51)26-16-24(33(21)22)17-28(34(26)39)37(43,44)45/h14-18,20,29-30H,4-13,19H2,1-3H3,(H,46,52)(H,50,51)/t29-,30-/m0/s1. The molecule has 2 atom stereocenters. The van der Waals surface area contributed by atoms with Gasteiger partial charge >= 0.3 is 18.3 Å². The van der Waals surface area contributed by atoms with Crippen LogP contribution in [0.25, 0.3) is 11.1 Å². The van der Waals surface area contributed by atoms with Crippen molar-refractivity contribution in [2.45, 2.75) is 95.6 Å². The highest BCUT2D eigenvalue weighted by atomic mass is 19.4. The summed E-state index contributed by atoms with van der Waals surface area (Å²) in [4.78, 5) is 41.1. The van der Waals surface area contributed by atoms with E-state index in [1.54, 1.807) is 19.0 Å². The van der Waals surface area contributed by atoms with Crippen molar-refractivity contribution in [1.29, 1.82) is 0 Å². The smallest absolute Gasteiger partial charge is 0.419 e. The molecule has 0 unspecified atom stereocenters. The monoisotopic (exact) mass is 743 g/mol. The molecule has 2 bridgehead atoms. The quantitative estimate of drug-likeness (QED) is 0.237. The van der Waals surface area contributed by atoms with Gasteiger partial charge in [0, 0.05) is 17.8 Å². The normalized spacial score (nSPS) is 17.9. The lowest BCUT2D eigenvalue weighted by atomic mass is 9.87. The number of rotatable bonds is 7. The van der Waals surface area contributed by atoms with Crippen LogP contribution in [0.2, 0.25) is 0 Å². The van der Waals surface area contributed by atoms with Crippen LogP contribution in [-0.4, -0.2) is 47.1 Å². The molecule has 284 valence electrons. The van der Waals surface area contributed by atoms with Crippen molar-refractivity contribution >= 4 is 11.9 Å². The summed E-state index contributed by atoms with van der Waals surface area (Å²) in [5, 5.41) is 12.1. The molecule has 15 heteroatoms. The van der Waals surface area contributed by atoms with Crippen molar-refractivity contribution in [3.63, 3.8) is 0 Å². The molecule has 1 aromatic heterocycles. The number of hydrogen-bond donors (Lipinski definition) is 2. The van der Waals surface area contributed by atoms with Gasteiger partial charge in [0.15, 0.2) is 0 Å². The number of carbonyl (C=O) groups is 2. The molecule has 1 aliphatic heterocycles. The molecule has 2 aromatic carbocycles. The number of amides is 1. The summed E-state index contributed by atoms with van der Waals surface area (Å²) in [6.45, 7) is 1.90. The van der Waals surface area contributed by atoms with Crippen LogP contribution in [-0.2, 0) is 34.8 Å². The van der Waals surface area contributed by atoms with Crippen LogP contribution in [0.3, 0.4) is 0 Å². The van der Waals surface area contributed by atoms with E-state index >= 15 is 4.39 Å². The van der Waals surface area contributed by atoms with Crippen LogP contribution in [0.15, 0.2) is 41.3 Å². The Bertz CT molecular complexity index is 1840. The van der Waals surface area contributed by atoms with Gasteiger partial charge in [0.05, 0.1) is 23.6 Å². The fourth-order valence-corrected chi connectivity index (χ4v) is 6.82. The maximum absolute atomic E-state index is 15.9. The lowest BCUT2D eigenvalue weighted by Gasteiger charge is -2.27. The second kappa shape index (κ2) is 16.6. The first-order valence-electron chi connectivity index (χ1n) is 17.0. The second-order valence-corrected chi connectivity index (χ2v) is 13.5. The van der Waals surface area contributed by atoms with E-state index < -0.39 is 76.6 Å². The van der Waals surface area contributed by atoms with Crippen molar-refractivity contribution in [3.05, 3.63) is 91.9 Å². The van der Waals surface area contributed by atoms with E-state index in [0.29, 0.717) is 49.9 Å². The number of hydrogen-bond acceptors (Lipinski definition) is 4. The number of carbonyl (C=O) groups excluding carboxylic acids is 1. The Kier molecular flexibility index (Phi) is 12.9. The number of nitrogens with one attached hydrogen (secondary N) is 1. The van der Waals surface area contributed by atoms with Gasteiger partial charge in [-0.3, -0.25) is 14.4 Å². The van der Waals surface area contributed by atoms with Crippen molar-refractivity contribution in [2.24, 2.45) is 0 Å². The maximum atomic E-state index is 15.9. The minimum atomic E-state index is -5.26. The van der Waals surface area contributed by atoms with Gasteiger partial charge < -0.3 is 19.9 Å². The van der Waals surface area contributed by atoms with E-state index in [2.05, 4.69) is 5.32 Å². The summed E-state index contributed by atoms with van der Waals surface area (Å²) < 4.78 is 116. The second-order valence-electron chi connectivity index (χ2n) is 13.5. The first-order chi connectivity index (χ1) is 24.3. The molecular weight excluding hydrogens is 702 g/mol. The number of nitrogens with zero attached hydrogens (tertiary/aromatic N) is 2. The number of pyridine rings is 1. The van der Waals surface area contributed by atoms with Crippen molar-refractivity contribution < 1.29 is 49.8 Å². The number of aliphatic carboxylic acids is 1. The molecule has 2 N–H and O–H groups in total. The first kappa shape index (κ1) is 40.5. The molecule has 52 heavy (non-hydrogen) atoms. The Balaban J connectivity index is 1.92. The van der Waals surface area contributed by atoms with E-state index in [1.165, 1.54) is 13.0 Å². The predicted octanol–water partition coefficient (Wildman–Crippen LogP) is 8.40. The molecule has 0 aliphatic carbocycles. The third kappa shape index (κ3) is 9.98. The fraction of sp³-hybridized carbons (Fsp3) is 0.486. The molecule has 4 rings (SSSR count). The molecule has 1 amide bonds. The van der Waals surface area contributed by atoms with E-state index in [1.807, 2.05) is 0 Å². The average molecular weight is 744 g/mol. The molecule has 3 aromatic rings. The van der Waals surface area contributed by atoms with Crippen LogP contribution in [0, 0.1) is 18.6 Å². The SMILES string of the molecule is Cc1cc(F)cc2c1-c1cc(c(F)c(C(F)(F)F)c1)[C@H](CC(=O)O)NC(=O)[C@@H](n1cc(CCCN(C)C)c(C(F)(F)F)cc1=O)CCCCCCC2. The highest BCUT2D eigenvalue weighted by Gasteiger charge is 2.39. The van der Waals surface area contributed by atoms with Crippen LogP contribution in [0.5, 0.6) is 0 Å². The van der Waals surface area contributed by atoms with Gasteiger partial charge in [0.2, 0.25) is 5.91 Å². The molecule has 0 saturated heterocycles. The van der Waals surface area contributed by atoms with Crippen molar-refractivity contribution in [2.75, 3.05) is 20.6 Å². The number of fused-ring (bicyclic) bond motifs is 4. The topological polar surface area (TPSA) is 91.6 Å². The predicted molar refractivity (Wildman–Crippen MR) is 178 cm³/mol. The zero-order chi connectivity index (χ0) is 38.5. The van der Waals surface area contributed by atoms with Gasteiger partial charge in [-0.1, -0.05) is 25.7 Å². The molecule has 0 spiro atoms. The first-order valence-corrected chi connectivity index (χ1v) is 17.0. The number of aryl methyl sites for hydroxylation is 3. The molecule has 0 saturated carbocycles. The summed E-state index contributed by atoms with van der Waals surface area (Å²) in [7, 11) is 3.47. The Morgan fingerprint density at radius 1 is 0.923 bits per heavy atom. The number of aromatic nitrogens is 1. The number of carboxylic acids is 1. The number of halogens is 8. The highest BCUT2D eigenvalue weighted by Crippen LogP contribution is 2.41. The maximum Gasteiger partial charge on any atom is 0.419 e. The van der Waals surface area contributed by atoms with Crippen LogP contribution < -0.4 is 10.9 Å². The minimum absolute atomic E-state index is 0.0996. The van der Waals surface area contributed by atoms with Gasteiger partial charge in [0.1, 0.15) is 17.7 Å². The molecule has 0 radical (unpaired) electrons. The zero-order valence-corrected chi connectivity index (χ0v) is 29.0. The zero-order valence-electron chi connectivity index (χ0n) is 29.0. The third-order valence-electron chi connectivity index (χ3n) is 9.23. The lowest BCUT2D eigenvalue weighted by molar-refractivity contribution is -0.140. The van der Waals surface area contributed by atoms with Gasteiger partial charge in [0.25, 0.3) is 5.56 Å². The van der Waals surface area contributed by atoms with Gasteiger partial charge in [-0.2, -0.15) is 26.3 Å². The molecule has 2 heterocycles. The number of alkyl halides is 6. The summed E-state index contributed by atoms with van der Waals surface area (Å²) in [5.41, 5.74) is -4.49. The molecule has 7 nitrogen and oxygen atoms in total. The van der Waals surface area contributed by atoms with Crippen LogP contribution in [0.4, 0.5) is 35.1 Å². The molecule has 0 fully saturated rings. The highest BCUT2D eigenvalue weighted by molar-refractivity contribution is 5.82. The third-order valence-corrected chi connectivity index (χ3v) is 9.23. The Morgan fingerprint density at radius 3 is 2.21 bits per heavy atom. The van der Waals surface area contributed by atoms with Crippen molar-refractivity contribution in [1.82, 2.24) is 14.8 Å². The molecule has 1 aliphatic rings. The average Bonchev–Trinajstić information content (AvgIpc) is 3.01. The Hall–Kier alpha value is -4.27. The number of benzene rings is 2. The summed E-state index contributed by atoms with van der Waals surface area (Å²) in [5.74, 6) is -5.15. The van der Waals surface area contributed by atoms with Crippen molar-refractivity contribution in [3.8, 4) is 11.1 Å². The summed E-state index contributed by atoms with van der Waals surface area (Å²) >= 11 is 0. The van der Waals surface area contributed by atoms with E-state index in [-0.39, 0.29) is 54.4 Å². The minimum Gasteiger partial charge on any atom is -0.481 e. The van der Waals surface area contributed by atoms with E-state index in [9.17, 15) is 50.2 Å². The van der Waals surface area contributed by atoms with Gasteiger partial charge in [-0.05, 0) is 112 Å². The van der Waals surface area contributed by atoms with E-state index in [4.69, 9.17) is 0 Å². The Morgan fingerprint density at radius 2 is 1.58 bits per heavy atom.